The van der Waals surface area contributed by atoms with Gasteiger partial charge in [-0.2, -0.15) is 4.98 Å². The van der Waals surface area contributed by atoms with E-state index in [0.29, 0.717) is 23.7 Å². The lowest BCUT2D eigenvalue weighted by atomic mass is 10.1. The van der Waals surface area contributed by atoms with Gasteiger partial charge in [-0.25, -0.2) is 9.36 Å². The molecule has 0 radical (unpaired) electrons. The molecule has 0 atom stereocenters. The topological polar surface area (TPSA) is 108 Å². The number of nitrogens with zero attached hydrogens (tertiary/aromatic N) is 5. The smallest absolute Gasteiger partial charge is 0.332 e. The summed E-state index contributed by atoms with van der Waals surface area (Å²) < 4.78 is 3.99. The van der Waals surface area contributed by atoms with Gasteiger partial charge in [0.2, 0.25) is 11.9 Å². The minimum atomic E-state index is -0.742. The maximum Gasteiger partial charge on any atom is 0.332 e. The van der Waals surface area contributed by atoms with Crippen molar-refractivity contribution < 1.29 is 4.79 Å². The number of amides is 1. The van der Waals surface area contributed by atoms with E-state index in [0.717, 1.165) is 23.2 Å². The number of anilines is 2. The molecule has 2 aromatic heterocycles. The Hall–Kier alpha value is -3.36. The number of primary amides is 1. The van der Waals surface area contributed by atoms with E-state index in [1.165, 1.54) is 15.7 Å². The van der Waals surface area contributed by atoms with Gasteiger partial charge in [0, 0.05) is 25.8 Å². The highest BCUT2D eigenvalue weighted by Crippen LogP contribution is 2.31. The van der Waals surface area contributed by atoms with Crippen LogP contribution in [-0.4, -0.2) is 31.1 Å². The Labute approximate surface area is 160 Å². The molecule has 3 heterocycles. The van der Waals surface area contributed by atoms with Gasteiger partial charge in [-0.05, 0) is 43.5 Å². The summed E-state index contributed by atoms with van der Waals surface area (Å²) in [4.78, 5) is 43.5. The zero-order valence-electron chi connectivity index (χ0n) is 16.1. The molecule has 1 amide bonds. The number of carbonyl (C=O) groups is 1. The zero-order valence-corrected chi connectivity index (χ0v) is 16.1. The van der Waals surface area contributed by atoms with Gasteiger partial charge in [-0.3, -0.25) is 14.2 Å². The van der Waals surface area contributed by atoms with Crippen LogP contribution in [0.5, 0.6) is 0 Å². The van der Waals surface area contributed by atoms with E-state index in [1.54, 1.807) is 7.05 Å². The lowest BCUT2D eigenvalue weighted by Crippen LogP contribution is -2.42. The first-order valence-corrected chi connectivity index (χ1v) is 9.12. The Bertz CT molecular complexity index is 1230. The Morgan fingerprint density at radius 1 is 1.18 bits per heavy atom. The number of aryl methyl sites for hydroxylation is 4. The van der Waals surface area contributed by atoms with E-state index < -0.39 is 23.7 Å². The van der Waals surface area contributed by atoms with Gasteiger partial charge in [-0.1, -0.05) is 6.07 Å². The van der Waals surface area contributed by atoms with Crippen molar-refractivity contribution in [2.75, 3.05) is 11.4 Å². The molecule has 28 heavy (non-hydrogen) atoms. The van der Waals surface area contributed by atoms with Crippen molar-refractivity contribution in [1.82, 2.24) is 18.7 Å². The predicted molar refractivity (Wildman–Crippen MR) is 106 cm³/mol. The van der Waals surface area contributed by atoms with E-state index in [1.807, 2.05) is 10.6 Å². The minimum absolute atomic E-state index is 0.307. The maximum absolute atomic E-state index is 13.0. The number of aromatic nitrogens is 4. The number of fused-ring (bicyclic) bond motifs is 3. The summed E-state index contributed by atoms with van der Waals surface area (Å²) in [5.41, 5.74) is 8.04. The number of benzene rings is 1. The molecule has 0 bridgehead atoms. The lowest BCUT2D eigenvalue weighted by molar-refractivity contribution is -0.118. The Balaban J connectivity index is 1.98. The van der Waals surface area contributed by atoms with Crippen LogP contribution in [0.15, 0.2) is 27.8 Å². The number of hydrogen-bond acceptors (Lipinski definition) is 5. The second-order valence-electron chi connectivity index (χ2n) is 7.21. The van der Waals surface area contributed by atoms with Crippen LogP contribution in [0.4, 0.5) is 11.6 Å². The molecule has 3 aromatic rings. The van der Waals surface area contributed by atoms with Crippen LogP contribution in [0, 0.1) is 13.8 Å². The molecule has 2 N–H and O–H groups in total. The molecular formula is C19H22N6O3. The third-order valence-electron chi connectivity index (χ3n) is 5.33. The molecule has 9 nitrogen and oxygen atoms in total. The summed E-state index contributed by atoms with van der Waals surface area (Å²) in [5.74, 6) is -0.123. The number of hydrogen-bond donors (Lipinski definition) is 1. The van der Waals surface area contributed by atoms with Gasteiger partial charge in [0.05, 0.1) is 0 Å². The summed E-state index contributed by atoms with van der Waals surface area (Å²) >= 11 is 0. The standard InChI is InChI=1S/C19H22N6O3/c1-11-5-6-13(9-12(11)2)23-7-4-8-24-15-16(21-18(23)24)22(3)19(28)25(17(15)27)10-14(20)26/h5-6,9H,4,7-8,10H2,1-3H3,(H2,20,26). The van der Waals surface area contributed by atoms with Crippen molar-refractivity contribution in [2.24, 2.45) is 12.8 Å². The van der Waals surface area contributed by atoms with E-state index in [4.69, 9.17) is 5.73 Å². The third-order valence-corrected chi connectivity index (χ3v) is 5.33. The van der Waals surface area contributed by atoms with Crippen LogP contribution in [0.25, 0.3) is 11.2 Å². The first kappa shape index (κ1) is 18.0. The van der Waals surface area contributed by atoms with Crippen LogP contribution < -0.4 is 21.9 Å². The van der Waals surface area contributed by atoms with Crippen molar-refractivity contribution in [3.05, 3.63) is 50.2 Å². The van der Waals surface area contributed by atoms with Gasteiger partial charge in [0.15, 0.2) is 11.2 Å². The fourth-order valence-electron chi connectivity index (χ4n) is 3.70. The molecule has 9 heteroatoms. The summed E-state index contributed by atoms with van der Waals surface area (Å²) in [6, 6.07) is 6.18. The largest absolute Gasteiger partial charge is 0.368 e. The van der Waals surface area contributed by atoms with Crippen molar-refractivity contribution in [2.45, 2.75) is 33.4 Å². The molecule has 4 rings (SSSR count). The Morgan fingerprint density at radius 2 is 1.93 bits per heavy atom. The summed E-state index contributed by atoms with van der Waals surface area (Å²) in [5, 5.41) is 0. The molecule has 146 valence electrons. The van der Waals surface area contributed by atoms with Crippen LogP contribution in [0.1, 0.15) is 17.5 Å². The molecule has 1 aromatic carbocycles. The Morgan fingerprint density at radius 3 is 2.61 bits per heavy atom. The first-order chi connectivity index (χ1) is 13.3. The SMILES string of the molecule is Cc1ccc(N2CCCn3c2nc2c3c(=O)n(CC(N)=O)c(=O)n2C)cc1C. The third kappa shape index (κ3) is 2.62. The lowest BCUT2D eigenvalue weighted by Gasteiger charge is -2.29. The molecule has 0 aliphatic carbocycles. The van der Waals surface area contributed by atoms with Crippen molar-refractivity contribution in [1.29, 1.82) is 0 Å². The fraction of sp³-hybridized carbons (Fsp3) is 0.368. The van der Waals surface area contributed by atoms with E-state index >= 15 is 0 Å². The summed E-state index contributed by atoms with van der Waals surface area (Å²) in [6.07, 6.45) is 0.823. The van der Waals surface area contributed by atoms with Crippen LogP contribution in [-0.2, 0) is 24.9 Å². The normalized spacial score (nSPS) is 13.8. The fourth-order valence-corrected chi connectivity index (χ4v) is 3.70. The van der Waals surface area contributed by atoms with Crippen molar-refractivity contribution in [3.8, 4) is 0 Å². The van der Waals surface area contributed by atoms with Gasteiger partial charge in [0.25, 0.3) is 5.56 Å². The van der Waals surface area contributed by atoms with Gasteiger partial charge < -0.3 is 15.2 Å². The molecule has 0 unspecified atom stereocenters. The average Bonchev–Trinajstić information content (AvgIpc) is 3.05. The average molecular weight is 382 g/mol. The minimum Gasteiger partial charge on any atom is -0.368 e. The molecular weight excluding hydrogens is 360 g/mol. The summed E-state index contributed by atoms with van der Waals surface area (Å²) in [7, 11) is 1.54. The summed E-state index contributed by atoms with van der Waals surface area (Å²) in [6.45, 7) is 5.02. The maximum atomic E-state index is 13.0. The predicted octanol–water partition coefficient (Wildman–Crippen LogP) is 0.541. The second-order valence-corrected chi connectivity index (χ2v) is 7.21. The quantitative estimate of drug-likeness (QED) is 0.711. The molecule has 1 aliphatic rings. The number of carbonyl (C=O) groups excluding carboxylic acids is 1. The van der Waals surface area contributed by atoms with Gasteiger partial charge in [-0.15, -0.1) is 0 Å². The van der Waals surface area contributed by atoms with Crippen LogP contribution >= 0.6 is 0 Å². The highest BCUT2D eigenvalue weighted by Gasteiger charge is 2.27. The highest BCUT2D eigenvalue weighted by atomic mass is 16.2. The van der Waals surface area contributed by atoms with Crippen LogP contribution in [0.3, 0.4) is 0 Å². The number of nitrogens with two attached hydrogens (primary N) is 1. The number of imidazole rings is 1. The van der Waals surface area contributed by atoms with Gasteiger partial charge >= 0.3 is 5.69 Å². The van der Waals surface area contributed by atoms with Crippen molar-refractivity contribution in [3.63, 3.8) is 0 Å². The van der Waals surface area contributed by atoms with Crippen molar-refractivity contribution >= 4 is 28.7 Å². The number of rotatable bonds is 3. The molecule has 0 fully saturated rings. The monoisotopic (exact) mass is 382 g/mol. The van der Waals surface area contributed by atoms with Gasteiger partial charge in [0.1, 0.15) is 6.54 Å². The van der Waals surface area contributed by atoms with Crippen LogP contribution in [0.2, 0.25) is 0 Å². The molecule has 0 saturated heterocycles. The first-order valence-electron chi connectivity index (χ1n) is 9.12. The Kier molecular flexibility index (Phi) is 4.10. The molecule has 0 saturated carbocycles. The second kappa shape index (κ2) is 6.36. The zero-order chi connectivity index (χ0) is 20.2. The van der Waals surface area contributed by atoms with E-state index in [2.05, 4.69) is 35.9 Å². The van der Waals surface area contributed by atoms with E-state index in [9.17, 15) is 14.4 Å². The van der Waals surface area contributed by atoms with E-state index in [-0.39, 0.29) is 0 Å². The highest BCUT2D eigenvalue weighted by molar-refractivity contribution is 5.78. The molecule has 1 aliphatic heterocycles. The molecule has 0 spiro atoms.